The zero-order valence-corrected chi connectivity index (χ0v) is 15.0. The van der Waals surface area contributed by atoms with Crippen molar-refractivity contribution >= 4 is 27.5 Å². The van der Waals surface area contributed by atoms with E-state index in [1.165, 1.54) is 6.42 Å². The van der Waals surface area contributed by atoms with Crippen LogP contribution in [0.5, 0.6) is 0 Å². The molecule has 0 amide bonds. The third kappa shape index (κ3) is 5.72. The van der Waals surface area contributed by atoms with Crippen molar-refractivity contribution < 1.29 is 0 Å². The maximum Gasteiger partial charge on any atom is 0.0464 e. The third-order valence-corrected chi connectivity index (χ3v) is 4.65. The Morgan fingerprint density at radius 2 is 2.05 bits per heavy atom. The summed E-state index contributed by atoms with van der Waals surface area (Å²) in [5.41, 5.74) is 7.32. The van der Waals surface area contributed by atoms with Gasteiger partial charge in [0.25, 0.3) is 0 Å². The Hall–Kier alpha value is -0.0900. The summed E-state index contributed by atoms with van der Waals surface area (Å²) in [4.78, 5) is 2.47. The minimum Gasteiger partial charge on any atom is -0.324 e. The van der Waals surface area contributed by atoms with Crippen molar-refractivity contribution in [3.8, 4) is 0 Å². The lowest BCUT2D eigenvalue weighted by Gasteiger charge is -2.25. The average Bonchev–Trinajstić information content (AvgIpc) is 2.42. The molecule has 0 aromatic heterocycles. The van der Waals surface area contributed by atoms with E-state index in [0.29, 0.717) is 0 Å². The van der Waals surface area contributed by atoms with Gasteiger partial charge in [-0.2, -0.15) is 0 Å². The molecule has 0 spiro atoms. The molecule has 1 rings (SSSR count). The molecule has 20 heavy (non-hydrogen) atoms. The smallest absolute Gasteiger partial charge is 0.0464 e. The summed E-state index contributed by atoms with van der Waals surface area (Å²) < 4.78 is 0.991. The predicted octanol–water partition coefficient (Wildman–Crippen LogP) is 4.86. The fourth-order valence-corrected chi connectivity index (χ4v) is 3.04. The van der Waals surface area contributed by atoms with E-state index in [2.05, 4.69) is 41.6 Å². The van der Waals surface area contributed by atoms with E-state index in [9.17, 15) is 0 Å². The van der Waals surface area contributed by atoms with Crippen LogP contribution in [0.15, 0.2) is 22.7 Å². The van der Waals surface area contributed by atoms with Crippen LogP contribution in [0.1, 0.15) is 45.2 Å². The average molecular weight is 362 g/mol. The van der Waals surface area contributed by atoms with Gasteiger partial charge < -0.3 is 10.6 Å². The molecule has 114 valence electrons. The van der Waals surface area contributed by atoms with Gasteiger partial charge in [0.1, 0.15) is 0 Å². The van der Waals surface area contributed by atoms with E-state index < -0.39 is 0 Å². The van der Waals surface area contributed by atoms with Gasteiger partial charge in [0.05, 0.1) is 0 Å². The normalized spacial score (nSPS) is 14.6. The van der Waals surface area contributed by atoms with Gasteiger partial charge in [-0.05, 0) is 43.1 Å². The zero-order valence-electron chi connectivity index (χ0n) is 12.7. The lowest BCUT2D eigenvalue weighted by atomic mass is 10.0. The molecule has 2 atom stereocenters. The summed E-state index contributed by atoms with van der Waals surface area (Å²) in [6.07, 6.45) is 2.16. The van der Waals surface area contributed by atoms with Crippen LogP contribution in [-0.2, 0) is 0 Å². The van der Waals surface area contributed by atoms with Crippen molar-refractivity contribution in [2.75, 3.05) is 19.6 Å². The number of halogens is 2. The molecule has 0 fully saturated rings. The van der Waals surface area contributed by atoms with Crippen molar-refractivity contribution in [3.63, 3.8) is 0 Å². The van der Waals surface area contributed by atoms with Gasteiger partial charge in [0.15, 0.2) is 0 Å². The van der Waals surface area contributed by atoms with Gasteiger partial charge in [-0.3, -0.25) is 0 Å². The highest BCUT2D eigenvalue weighted by Gasteiger charge is 2.13. The van der Waals surface area contributed by atoms with Gasteiger partial charge >= 0.3 is 0 Å². The molecule has 1 aromatic carbocycles. The van der Waals surface area contributed by atoms with Crippen molar-refractivity contribution in [1.29, 1.82) is 0 Å². The van der Waals surface area contributed by atoms with E-state index >= 15 is 0 Å². The Labute approximate surface area is 136 Å². The molecule has 0 aliphatic carbocycles. The van der Waals surface area contributed by atoms with Crippen LogP contribution in [0.25, 0.3) is 0 Å². The third-order valence-electron chi connectivity index (χ3n) is 3.83. The summed E-state index contributed by atoms with van der Waals surface area (Å²) >= 11 is 9.68. The summed E-state index contributed by atoms with van der Waals surface area (Å²) in [6.45, 7) is 9.99. The van der Waals surface area contributed by atoms with Crippen molar-refractivity contribution in [1.82, 2.24) is 4.90 Å². The molecule has 0 heterocycles. The van der Waals surface area contributed by atoms with Crippen LogP contribution in [0, 0.1) is 5.92 Å². The molecule has 0 bridgehead atoms. The second kappa shape index (κ2) is 9.04. The minimum atomic E-state index is 0.00147. The van der Waals surface area contributed by atoms with Gasteiger partial charge in [-0.1, -0.05) is 60.8 Å². The van der Waals surface area contributed by atoms with Gasteiger partial charge in [-0.15, -0.1) is 0 Å². The van der Waals surface area contributed by atoms with Gasteiger partial charge in [0.2, 0.25) is 0 Å². The second-order valence-electron chi connectivity index (χ2n) is 5.47. The van der Waals surface area contributed by atoms with Crippen LogP contribution in [-0.4, -0.2) is 24.5 Å². The summed E-state index contributed by atoms with van der Waals surface area (Å²) in [5.74, 6) is 0.738. The van der Waals surface area contributed by atoms with Gasteiger partial charge in [-0.25, -0.2) is 0 Å². The highest BCUT2D eigenvalue weighted by Crippen LogP contribution is 2.27. The lowest BCUT2D eigenvalue weighted by molar-refractivity contribution is 0.237. The fourth-order valence-electron chi connectivity index (χ4n) is 2.23. The monoisotopic (exact) mass is 360 g/mol. The first kappa shape index (κ1) is 18.0. The number of nitrogens with two attached hydrogens (primary N) is 1. The standard InChI is InChI=1S/C16H26BrClN2/c1-4-12(3)11-20(5-2)9-8-16(19)14-7-6-13(17)10-15(14)18/h6-7,10,12,16H,4-5,8-9,11,19H2,1-3H3. The van der Waals surface area contributed by atoms with Crippen LogP contribution < -0.4 is 5.73 Å². The number of benzene rings is 1. The lowest BCUT2D eigenvalue weighted by Crippen LogP contribution is -2.31. The first-order valence-electron chi connectivity index (χ1n) is 7.40. The predicted molar refractivity (Wildman–Crippen MR) is 92.3 cm³/mol. The Balaban J connectivity index is 2.54. The Kier molecular flexibility index (Phi) is 8.11. The van der Waals surface area contributed by atoms with Crippen molar-refractivity contribution in [3.05, 3.63) is 33.3 Å². The second-order valence-corrected chi connectivity index (χ2v) is 6.79. The first-order valence-corrected chi connectivity index (χ1v) is 8.57. The minimum absolute atomic E-state index is 0.00147. The molecule has 2 N–H and O–H groups in total. The van der Waals surface area contributed by atoms with Crippen LogP contribution >= 0.6 is 27.5 Å². The summed E-state index contributed by atoms with van der Waals surface area (Å²) in [5, 5.41) is 0.747. The molecule has 1 aromatic rings. The van der Waals surface area contributed by atoms with Crippen molar-refractivity contribution in [2.45, 2.75) is 39.7 Å². The Morgan fingerprint density at radius 3 is 2.60 bits per heavy atom. The Morgan fingerprint density at radius 1 is 1.35 bits per heavy atom. The summed E-state index contributed by atoms with van der Waals surface area (Å²) in [6, 6.07) is 5.93. The van der Waals surface area contributed by atoms with E-state index in [1.807, 2.05) is 18.2 Å². The zero-order chi connectivity index (χ0) is 15.1. The molecular weight excluding hydrogens is 336 g/mol. The molecule has 0 saturated carbocycles. The van der Waals surface area contributed by atoms with E-state index in [1.54, 1.807) is 0 Å². The molecule has 2 nitrogen and oxygen atoms in total. The number of hydrogen-bond acceptors (Lipinski definition) is 2. The molecule has 0 aliphatic heterocycles. The van der Waals surface area contributed by atoms with Gasteiger partial charge in [0, 0.05) is 22.1 Å². The number of hydrogen-bond donors (Lipinski definition) is 1. The highest BCUT2D eigenvalue weighted by atomic mass is 79.9. The summed E-state index contributed by atoms with van der Waals surface area (Å²) in [7, 11) is 0. The maximum atomic E-state index is 6.29. The van der Waals surface area contributed by atoms with Crippen molar-refractivity contribution in [2.24, 2.45) is 11.7 Å². The Bertz CT molecular complexity index is 411. The fraction of sp³-hybridized carbons (Fsp3) is 0.625. The first-order chi connectivity index (χ1) is 9.47. The quantitative estimate of drug-likeness (QED) is 0.716. The molecular formula is C16H26BrClN2. The topological polar surface area (TPSA) is 29.3 Å². The van der Waals surface area contributed by atoms with E-state index in [0.717, 1.165) is 47.0 Å². The maximum absolute atomic E-state index is 6.29. The molecule has 0 radical (unpaired) electrons. The van der Waals surface area contributed by atoms with E-state index in [4.69, 9.17) is 17.3 Å². The number of rotatable bonds is 8. The SMILES string of the molecule is CCC(C)CN(CC)CCC(N)c1ccc(Br)cc1Cl. The van der Waals surface area contributed by atoms with Crippen LogP contribution in [0.3, 0.4) is 0 Å². The number of nitrogens with zero attached hydrogens (tertiary/aromatic N) is 1. The van der Waals surface area contributed by atoms with E-state index in [-0.39, 0.29) is 6.04 Å². The molecule has 0 saturated heterocycles. The molecule has 4 heteroatoms. The largest absolute Gasteiger partial charge is 0.324 e. The highest BCUT2D eigenvalue weighted by molar-refractivity contribution is 9.10. The molecule has 2 unspecified atom stereocenters. The molecule has 0 aliphatic rings. The van der Waals surface area contributed by atoms with Crippen LogP contribution in [0.2, 0.25) is 5.02 Å². The van der Waals surface area contributed by atoms with Crippen LogP contribution in [0.4, 0.5) is 0 Å².